The summed E-state index contributed by atoms with van der Waals surface area (Å²) in [7, 11) is 0. The second-order valence-corrected chi connectivity index (χ2v) is 6.51. The van der Waals surface area contributed by atoms with Crippen LogP contribution >= 0.6 is 0 Å². The van der Waals surface area contributed by atoms with Gasteiger partial charge < -0.3 is 14.1 Å². The summed E-state index contributed by atoms with van der Waals surface area (Å²) in [5.74, 6) is 1.28. The molecule has 136 valence electrons. The molecule has 0 atom stereocenters. The Balaban J connectivity index is 1.54. The number of nitrogens with one attached hydrogen (secondary N) is 1. The highest BCUT2D eigenvalue weighted by Crippen LogP contribution is 2.29. The summed E-state index contributed by atoms with van der Waals surface area (Å²) >= 11 is 0. The van der Waals surface area contributed by atoms with Crippen molar-refractivity contribution >= 4 is 22.0 Å². The van der Waals surface area contributed by atoms with E-state index in [0.717, 1.165) is 22.0 Å². The Labute approximate surface area is 160 Å². The van der Waals surface area contributed by atoms with E-state index >= 15 is 0 Å². The van der Waals surface area contributed by atoms with Crippen LogP contribution < -0.4 is 10.4 Å². The zero-order valence-corrected chi connectivity index (χ0v) is 14.9. The van der Waals surface area contributed by atoms with Crippen molar-refractivity contribution in [2.24, 2.45) is 0 Å². The Morgan fingerprint density at radius 1 is 0.929 bits per heavy atom. The second-order valence-electron chi connectivity index (χ2n) is 6.51. The molecule has 5 heteroatoms. The number of hydrogen-bond acceptors (Lipinski definition) is 4. The van der Waals surface area contributed by atoms with Gasteiger partial charge in [0.1, 0.15) is 23.8 Å². The molecule has 0 fully saturated rings. The van der Waals surface area contributed by atoms with Gasteiger partial charge in [-0.25, -0.2) is 9.78 Å². The van der Waals surface area contributed by atoms with E-state index in [4.69, 9.17) is 9.15 Å². The lowest BCUT2D eigenvalue weighted by Gasteiger charge is -2.08. The third kappa shape index (κ3) is 3.03. The van der Waals surface area contributed by atoms with Crippen LogP contribution in [0.3, 0.4) is 0 Å². The number of imidazole rings is 1. The first kappa shape index (κ1) is 16.3. The monoisotopic (exact) mass is 368 g/mol. The largest absolute Gasteiger partial charge is 0.489 e. The fourth-order valence-corrected chi connectivity index (χ4v) is 3.25. The van der Waals surface area contributed by atoms with Crippen LogP contribution in [0.15, 0.2) is 88.1 Å². The third-order valence-corrected chi connectivity index (χ3v) is 4.61. The van der Waals surface area contributed by atoms with Crippen molar-refractivity contribution < 1.29 is 9.15 Å². The number of fused-ring (bicyclic) bond motifs is 2. The van der Waals surface area contributed by atoms with E-state index in [1.165, 1.54) is 6.07 Å². The third-order valence-electron chi connectivity index (χ3n) is 4.61. The van der Waals surface area contributed by atoms with Crippen LogP contribution in [-0.4, -0.2) is 9.97 Å². The molecule has 0 amide bonds. The van der Waals surface area contributed by atoms with Gasteiger partial charge in [0.15, 0.2) is 0 Å². The van der Waals surface area contributed by atoms with Gasteiger partial charge in [-0.15, -0.1) is 0 Å². The van der Waals surface area contributed by atoms with Gasteiger partial charge in [-0.05, 0) is 29.8 Å². The maximum absolute atomic E-state index is 12.1. The molecule has 5 nitrogen and oxygen atoms in total. The molecule has 1 N–H and O–H groups in total. The van der Waals surface area contributed by atoms with Gasteiger partial charge >= 0.3 is 5.63 Å². The lowest BCUT2D eigenvalue weighted by atomic mass is 10.1. The molecule has 28 heavy (non-hydrogen) atoms. The van der Waals surface area contributed by atoms with Crippen molar-refractivity contribution in [3.63, 3.8) is 0 Å². The van der Waals surface area contributed by atoms with E-state index in [-0.39, 0.29) is 0 Å². The van der Waals surface area contributed by atoms with Crippen LogP contribution in [-0.2, 0) is 6.61 Å². The first-order chi connectivity index (χ1) is 13.8. The molecular formula is C23H16N2O3. The van der Waals surface area contributed by atoms with Gasteiger partial charge in [-0.1, -0.05) is 42.5 Å². The SMILES string of the molecule is O=c1cc(-c2nc3ccccc3[nH]2)c2ccc(OCc3ccccc3)cc2o1. The molecule has 0 saturated carbocycles. The maximum Gasteiger partial charge on any atom is 0.336 e. The van der Waals surface area contributed by atoms with E-state index in [0.29, 0.717) is 29.3 Å². The molecule has 0 spiro atoms. The van der Waals surface area contributed by atoms with Crippen molar-refractivity contribution in [3.8, 4) is 17.1 Å². The Hall–Kier alpha value is -3.86. The minimum atomic E-state index is -0.428. The predicted octanol–water partition coefficient (Wildman–Crippen LogP) is 4.92. The molecule has 0 unspecified atom stereocenters. The number of aromatic amines is 1. The first-order valence-electron chi connectivity index (χ1n) is 8.96. The molecule has 5 aromatic rings. The molecule has 2 aromatic heterocycles. The Kier molecular flexibility index (Phi) is 3.91. The molecule has 0 bridgehead atoms. The normalized spacial score (nSPS) is 11.1. The van der Waals surface area contributed by atoms with Crippen LogP contribution in [0.4, 0.5) is 0 Å². The number of para-hydroxylation sites is 2. The number of hydrogen-bond donors (Lipinski definition) is 1. The molecular weight excluding hydrogens is 352 g/mol. The predicted molar refractivity (Wildman–Crippen MR) is 108 cm³/mol. The lowest BCUT2D eigenvalue weighted by molar-refractivity contribution is 0.306. The molecule has 5 rings (SSSR count). The molecule has 0 radical (unpaired) electrons. The van der Waals surface area contributed by atoms with Gasteiger partial charge in [0.25, 0.3) is 0 Å². The van der Waals surface area contributed by atoms with E-state index in [1.807, 2.05) is 66.7 Å². The summed E-state index contributed by atoms with van der Waals surface area (Å²) in [6, 6.07) is 24.6. The number of nitrogens with zero attached hydrogens (tertiary/aromatic N) is 1. The van der Waals surface area contributed by atoms with Crippen LogP contribution in [0.2, 0.25) is 0 Å². The van der Waals surface area contributed by atoms with E-state index < -0.39 is 5.63 Å². The minimum absolute atomic E-state index is 0.428. The summed E-state index contributed by atoms with van der Waals surface area (Å²) in [5.41, 5.74) is 3.58. The van der Waals surface area contributed by atoms with Crippen molar-refractivity contribution in [1.82, 2.24) is 9.97 Å². The van der Waals surface area contributed by atoms with Crippen LogP contribution in [0.25, 0.3) is 33.4 Å². The Morgan fingerprint density at radius 3 is 2.61 bits per heavy atom. The summed E-state index contributed by atoms with van der Waals surface area (Å²) in [6.07, 6.45) is 0. The number of benzene rings is 3. The van der Waals surface area contributed by atoms with E-state index in [9.17, 15) is 4.79 Å². The lowest BCUT2D eigenvalue weighted by Crippen LogP contribution is -2.00. The average molecular weight is 368 g/mol. The van der Waals surface area contributed by atoms with Crippen LogP contribution in [0.5, 0.6) is 5.75 Å². The van der Waals surface area contributed by atoms with Crippen LogP contribution in [0, 0.1) is 0 Å². The van der Waals surface area contributed by atoms with E-state index in [1.54, 1.807) is 6.07 Å². The van der Waals surface area contributed by atoms with Gasteiger partial charge in [-0.3, -0.25) is 0 Å². The topological polar surface area (TPSA) is 68.1 Å². The van der Waals surface area contributed by atoms with Gasteiger partial charge in [0.2, 0.25) is 0 Å². The number of rotatable bonds is 4. The second kappa shape index (κ2) is 6.70. The molecule has 0 aliphatic rings. The highest BCUT2D eigenvalue weighted by Gasteiger charge is 2.12. The highest BCUT2D eigenvalue weighted by atomic mass is 16.5. The number of ether oxygens (including phenoxy) is 1. The summed E-state index contributed by atoms with van der Waals surface area (Å²) < 4.78 is 11.3. The molecule has 0 aliphatic heterocycles. The molecule has 0 saturated heterocycles. The summed E-state index contributed by atoms with van der Waals surface area (Å²) in [5, 5.41) is 0.797. The zero-order chi connectivity index (χ0) is 18.9. The van der Waals surface area contributed by atoms with Crippen molar-refractivity contribution in [1.29, 1.82) is 0 Å². The fourth-order valence-electron chi connectivity index (χ4n) is 3.25. The zero-order valence-electron chi connectivity index (χ0n) is 14.9. The molecule has 0 aliphatic carbocycles. The first-order valence-corrected chi connectivity index (χ1v) is 8.96. The van der Waals surface area contributed by atoms with Crippen molar-refractivity contribution in [3.05, 3.63) is 94.8 Å². The maximum atomic E-state index is 12.1. The van der Waals surface area contributed by atoms with Crippen molar-refractivity contribution in [2.45, 2.75) is 6.61 Å². The Morgan fingerprint density at radius 2 is 1.75 bits per heavy atom. The summed E-state index contributed by atoms with van der Waals surface area (Å²) in [4.78, 5) is 20.0. The minimum Gasteiger partial charge on any atom is -0.489 e. The number of aromatic nitrogens is 2. The highest BCUT2D eigenvalue weighted by molar-refractivity contribution is 5.93. The standard InChI is InChI=1S/C23H16N2O3/c26-22-13-18(23-24-19-8-4-5-9-20(19)25-23)17-11-10-16(12-21(17)28-22)27-14-15-6-2-1-3-7-15/h1-13H,14H2,(H,24,25). The average Bonchev–Trinajstić information content (AvgIpc) is 3.16. The van der Waals surface area contributed by atoms with Gasteiger partial charge in [0, 0.05) is 23.1 Å². The number of H-pyrrole nitrogens is 1. The smallest absolute Gasteiger partial charge is 0.336 e. The summed E-state index contributed by atoms with van der Waals surface area (Å²) in [6.45, 7) is 0.444. The molecule has 3 aromatic carbocycles. The molecule has 2 heterocycles. The quantitative estimate of drug-likeness (QED) is 0.458. The van der Waals surface area contributed by atoms with Gasteiger partial charge in [-0.2, -0.15) is 0 Å². The fraction of sp³-hybridized carbons (Fsp3) is 0.0435. The van der Waals surface area contributed by atoms with Gasteiger partial charge in [0.05, 0.1) is 11.0 Å². The van der Waals surface area contributed by atoms with E-state index in [2.05, 4.69) is 9.97 Å². The van der Waals surface area contributed by atoms with Crippen molar-refractivity contribution in [2.75, 3.05) is 0 Å². The Bertz CT molecular complexity index is 1300. The van der Waals surface area contributed by atoms with Crippen LogP contribution in [0.1, 0.15) is 5.56 Å².